The Labute approximate surface area is 150 Å². The summed E-state index contributed by atoms with van der Waals surface area (Å²) < 4.78 is 15.9. The van der Waals surface area contributed by atoms with Gasteiger partial charge >= 0.3 is 0 Å². The molecule has 4 rings (SSSR count). The predicted molar refractivity (Wildman–Crippen MR) is 92.9 cm³/mol. The summed E-state index contributed by atoms with van der Waals surface area (Å²) >= 11 is 0. The molecular formula is C19H19N3O4. The minimum absolute atomic E-state index is 0.0298. The third-order valence-corrected chi connectivity index (χ3v) is 4.58. The number of methoxy groups -OCH3 is 1. The number of likely N-dealkylation sites (tertiary alicyclic amines) is 1. The van der Waals surface area contributed by atoms with Crippen LogP contribution in [0.25, 0.3) is 11.4 Å². The molecule has 1 atom stereocenters. The Kier molecular flexibility index (Phi) is 4.43. The molecule has 0 spiro atoms. The molecule has 26 heavy (non-hydrogen) atoms. The van der Waals surface area contributed by atoms with Gasteiger partial charge in [-0.1, -0.05) is 5.16 Å². The van der Waals surface area contributed by atoms with Gasteiger partial charge in [0.1, 0.15) is 5.75 Å². The Morgan fingerprint density at radius 2 is 2.12 bits per heavy atom. The molecule has 1 aliphatic rings. The summed E-state index contributed by atoms with van der Waals surface area (Å²) in [6.07, 6.45) is 3.30. The number of benzene rings is 1. The minimum atomic E-state index is -0.102. The Morgan fingerprint density at radius 3 is 2.85 bits per heavy atom. The molecule has 0 saturated carbocycles. The number of nitrogens with zero attached hydrogens (tertiary/aromatic N) is 3. The number of rotatable bonds is 4. The van der Waals surface area contributed by atoms with Gasteiger partial charge in [-0.25, -0.2) is 0 Å². The monoisotopic (exact) mass is 353 g/mol. The third kappa shape index (κ3) is 3.20. The van der Waals surface area contributed by atoms with E-state index in [1.165, 1.54) is 6.26 Å². The molecule has 1 aliphatic heterocycles. The van der Waals surface area contributed by atoms with Gasteiger partial charge in [-0.2, -0.15) is 4.98 Å². The maximum atomic E-state index is 12.5. The molecule has 3 aromatic rings. The van der Waals surface area contributed by atoms with Gasteiger partial charge in [0, 0.05) is 18.7 Å². The quantitative estimate of drug-likeness (QED) is 0.715. The molecule has 7 heteroatoms. The Balaban J connectivity index is 1.49. The van der Waals surface area contributed by atoms with Crippen molar-refractivity contribution in [3.63, 3.8) is 0 Å². The minimum Gasteiger partial charge on any atom is -0.497 e. The van der Waals surface area contributed by atoms with E-state index in [1.54, 1.807) is 24.1 Å². The zero-order valence-corrected chi connectivity index (χ0v) is 14.4. The van der Waals surface area contributed by atoms with Crippen molar-refractivity contribution in [2.24, 2.45) is 0 Å². The Morgan fingerprint density at radius 1 is 1.27 bits per heavy atom. The first-order valence-electron chi connectivity index (χ1n) is 8.55. The largest absolute Gasteiger partial charge is 0.497 e. The first-order valence-corrected chi connectivity index (χ1v) is 8.55. The number of ether oxygens (including phenoxy) is 1. The van der Waals surface area contributed by atoms with Gasteiger partial charge in [0.15, 0.2) is 5.76 Å². The maximum absolute atomic E-state index is 12.5. The van der Waals surface area contributed by atoms with E-state index in [0.29, 0.717) is 30.6 Å². The average molecular weight is 353 g/mol. The van der Waals surface area contributed by atoms with Crippen LogP contribution in [0.3, 0.4) is 0 Å². The highest BCUT2D eigenvalue weighted by Crippen LogP contribution is 2.28. The zero-order valence-electron chi connectivity index (χ0n) is 14.4. The summed E-state index contributed by atoms with van der Waals surface area (Å²) in [5.41, 5.74) is 0.861. The lowest BCUT2D eigenvalue weighted by molar-refractivity contribution is 0.0663. The lowest BCUT2D eigenvalue weighted by Crippen LogP contribution is -2.39. The smallest absolute Gasteiger partial charge is 0.289 e. The van der Waals surface area contributed by atoms with E-state index in [9.17, 15) is 4.79 Å². The second-order valence-electron chi connectivity index (χ2n) is 6.25. The molecule has 1 aromatic carbocycles. The van der Waals surface area contributed by atoms with Gasteiger partial charge in [0.2, 0.25) is 11.7 Å². The van der Waals surface area contributed by atoms with Gasteiger partial charge in [0.05, 0.1) is 19.3 Å². The Bertz CT molecular complexity index is 871. The number of hydrogen-bond acceptors (Lipinski definition) is 6. The highest BCUT2D eigenvalue weighted by atomic mass is 16.5. The number of furan rings is 1. The van der Waals surface area contributed by atoms with Crippen LogP contribution in [0.15, 0.2) is 51.6 Å². The van der Waals surface area contributed by atoms with E-state index in [4.69, 9.17) is 13.7 Å². The van der Waals surface area contributed by atoms with Crippen LogP contribution in [0, 0.1) is 0 Å². The van der Waals surface area contributed by atoms with Crippen LogP contribution in [0.1, 0.15) is 35.2 Å². The molecule has 1 saturated heterocycles. The molecule has 0 radical (unpaired) electrons. The average Bonchev–Trinajstić information content (AvgIpc) is 3.40. The number of aromatic nitrogens is 2. The summed E-state index contributed by atoms with van der Waals surface area (Å²) in [6, 6.07) is 10.9. The molecule has 1 unspecified atom stereocenters. The molecule has 0 N–H and O–H groups in total. The highest BCUT2D eigenvalue weighted by Gasteiger charge is 2.30. The lowest BCUT2D eigenvalue weighted by atomic mass is 9.97. The van der Waals surface area contributed by atoms with E-state index < -0.39 is 0 Å². The molecule has 2 aromatic heterocycles. The summed E-state index contributed by atoms with van der Waals surface area (Å²) in [6.45, 7) is 1.25. The van der Waals surface area contributed by atoms with Crippen LogP contribution < -0.4 is 4.74 Å². The first-order chi connectivity index (χ1) is 12.7. The van der Waals surface area contributed by atoms with Crippen molar-refractivity contribution in [2.45, 2.75) is 18.8 Å². The van der Waals surface area contributed by atoms with E-state index in [-0.39, 0.29) is 11.8 Å². The lowest BCUT2D eigenvalue weighted by Gasteiger charge is -2.30. The van der Waals surface area contributed by atoms with Crippen molar-refractivity contribution in [1.82, 2.24) is 15.0 Å². The zero-order chi connectivity index (χ0) is 17.9. The van der Waals surface area contributed by atoms with Crippen LogP contribution in [-0.4, -0.2) is 41.1 Å². The Hall–Kier alpha value is -3.09. The second-order valence-corrected chi connectivity index (χ2v) is 6.25. The summed E-state index contributed by atoms with van der Waals surface area (Å²) in [5, 5.41) is 4.09. The molecule has 7 nitrogen and oxygen atoms in total. The fraction of sp³-hybridized carbons (Fsp3) is 0.316. The molecule has 0 aliphatic carbocycles. The molecular weight excluding hydrogens is 334 g/mol. The number of hydrogen-bond donors (Lipinski definition) is 0. The normalized spacial score (nSPS) is 17.3. The fourth-order valence-corrected chi connectivity index (χ4v) is 3.18. The highest BCUT2D eigenvalue weighted by molar-refractivity contribution is 5.91. The predicted octanol–water partition coefficient (Wildman–Crippen LogP) is 3.36. The summed E-state index contributed by atoms with van der Waals surface area (Å²) in [7, 11) is 1.63. The van der Waals surface area contributed by atoms with Crippen LogP contribution >= 0.6 is 0 Å². The van der Waals surface area contributed by atoms with Gasteiger partial charge in [-0.05, 0) is 49.2 Å². The topological polar surface area (TPSA) is 81.6 Å². The van der Waals surface area contributed by atoms with Gasteiger partial charge in [0.25, 0.3) is 5.91 Å². The van der Waals surface area contributed by atoms with Crippen molar-refractivity contribution < 1.29 is 18.5 Å². The molecule has 3 heterocycles. The van der Waals surface area contributed by atoms with E-state index in [1.807, 2.05) is 24.3 Å². The van der Waals surface area contributed by atoms with Gasteiger partial charge in [-0.15, -0.1) is 0 Å². The second kappa shape index (κ2) is 7.03. The number of carbonyl (C=O) groups excluding carboxylic acids is 1. The van der Waals surface area contributed by atoms with Crippen molar-refractivity contribution in [3.05, 3.63) is 54.3 Å². The van der Waals surface area contributed by atoms with Crippen LogP contribution in [0.2, 0.25) is 0 Å². The van der Waals surface area contributed by atoms with Crippen molar-refractivity contribution in [2.75, 3.05) is 20.2 Å². The SMILES string of the molecule is COc1ccc(-c2noc(C3CCCN(C(=O)c4ccco4)C3)n2)cc1. The van der Waals surface area contributed by atoms with Crippen molar-refractivity contribution in [1.29, 1.82) is 0 Å². The fourth-order valence-electron chi connectivity index (χ4n) is 3.18. The molecule has 0 bridgehead atoms. The van der Waals surface area contributed by atoms with Gasteiger partial charge in [-0.3, -0.25) is 4.79 Å². The number of piperidine rings is 1. The molecule has 134 valence electrons. The number of carbonyl (C=O) groups is 1. The maximum Gasteiger partial charge on any atom is 0.289 e. The van der Waals surface area contributed by atoms with Crippen molar-refractivity contribution >= 4 is 5.91 Å². The van der Waals surface area contributed by atoms with Crippen LogP contribution in [-0.2, 0) is 0 Å². The van der Waals surface area contributed by atoms with Crippen LogP contribution in [0.4, 0.5) is 0 Å². The summed E-state index contributed by atoms with van der Waals surface area (Å²) in [5.74, 6) is 2.16. The van der Waals surface area contributed by atoms with E-state index in [2.05, 4.69) is 10.1 Å². The van der Waals surface area contributed by atoms with Crippen molar-refractivity contribution in [3.8, 4) is 17.1 Å². The van der Waals surface area contributed by atoms with Crippen LogP contribution in [0.5, 0.6) is 5.75 Å². The summed E-state index contributed by atoms with van der Waals surface area (Å²) in [4.78, 5) is 18.8. The first kappa shape index (κ1) is 16.4. The van der Waals surface area contributed by atoms with E-state index in [0.717, 1.165) is 24.2 Å². The van der Waals surface area contributed by atoms with E-state index >= 15 is 0 Å². The van der Waals surface area contributed by atoms with Gasteiger partial charge < -0.3 is 18.6 Å². The third-order valence-electron chi connectivity index (χ3n) is 4.58. The molecule has 1 amide bonds. The number of amides is 1. The molecule has 1 fully saturated rings. The standard InChI is InChI=1S/C19H19N3O4/c1-24-15-8-6-13(7-9-15)17-20-18(26-21-17)14-4-2-10-22(12-14)19(23)16-5-3-11-25-16/h3,5-9,11,14H,2,4,10,12H2,1H3.